The largest absolute Gasteiger partial charge is 0.378 e. The van der Waals surface area contributed by atoms with Crippen LogP contribution in [0.2, 0.25) is 0 Å². The van der Waals surface area contributed by atoms with Gasteiger partial charge in [-0.15, -0.1) is 0 Å². The van der Waals surface area contributed by atoms with Gasteiger partial charge in [-0.2, -0.15) is 0 Å². The van der Waals surface area contributed by atoms with E-state index in [0.717, 1.165) is 16.6 Å². The van der Waals surface area contributed by atoms with Crippen LogP contribution in [0.15, 0.2) is 91.1 Å². The van der Waals surface area contributed by atoms with Gasteiger partial charge < -0.3 is 5.32 Å². The number of aromatic nitrogens is 1. The topological polar surface area (TPSA) is 42.0 Å². The Balaban J connectivity index is 1.66. The summed E-state index contributed by atoms with van der Waals surface area (Å²) in [6.45, 7) is 0. The summed E-state index contributed by atoms with van der Waals surface area (Å²) in [5.41, 5.74) is 2.79. The van der Waals surface area contributed by atoms with E-state index < -0.39 is 6.04 Å². The fraction of sp³-hybridized carbons (Fsp3) is 0.0833. The van der Waals surface area contributed by atoms with Crippen LogP contribution in [0.3, 0.4) is 0 Å². The van der Waals surface area contributed by atoms with Gasteiger partial charge in [-0.05, 0) is 30.3 Å². The first-order valence-corrected chi connectivity index (χ1v) is 9.15. The van der Waals surface area contributed by atoms with Gasteiger partial charge in [0.05, 0.1) is 11.6 Å². The summed E-state index contributed by atoms with van der Waals surface area (Å²) < 4.78 is 14.5. The van der Waals surface area contributed by atoms with Gasteiger partial charge in [0.25, 0.3) is 0 Å². The Morgan fingerprint density at radius 3 is 2.54 bits per heavy atom. The van der Waals surface area contributed by atoms with Gasteiger partial charge in [0.15, 0.2) is 5.78 Å². The second kappa shape index (κ2) is 8.01. The van der Waals surface area contributed by atoms with Crippen molar-refractivity contribution in [3.63, 3.8) is 0 Å². The number of hydrogen-bond donors (Lipinski definition) is 1. The summed E-state index contributed by atoms with van der Waals surface area (Å²) in [5.74, 6) is -0.368. The van der Waals surface area contributed by atoms with E-state index in [4.69, 9.17) is 0 Å². The van der Waals surface area contributed by atoms with E-state index >= 15 is 0 Å². The third kappa shape index (κ3) is 3.91. The molecule has 0 amide bonds. The van der Waals surface area contributed by atoms with Gasteiger partial charge in [0.1, 0.15) is 5.82 Å². The lowest BCUT2D eigenvalue weighted by Crippen LogP contribution is -2.17. The molecule has 4 rings (SSSR count). The number of halogens is 1. The van der Waals surface area contributed by atoms with E-state index in [-0.39, 0.29) is 18.0 Å². The molecule has 1 N–H and O–H groups in total. The molecule has 4 aromatic rings. The summed E-state index contributed by atoms with van der Waals surface area (Å²) in [5, 5.41) is 4.32. The van der Waals surface area contributed by atoms with Crippen LogP contribution in [0, 0.1) is 5.82 Å². The minimum absolute atomic E-state index is 0.0381. The second-order valence-corrected chi connectivity index (χ2v) is 6.62. The van der Waals surface area contributed by atoms with E-state index in [9.17, 15) is 9.18 Å². The first-order valence-electron chi connectivity index (χ1n) is 9.15. The molecule has 1 aromatic heterocycles. The average Bonchev–Trinajstić information content (AvgIpc) is 2.74. The van der Waals surface area contributed by atoms with Gasteiger partial charge in [-0.3, -0.25) is 9.78 Å². The zero-order valence-corrected chi connectivity index (χ0v) is 15.2. The summed E-state index contributed by atoms with van der Waals surface area (Å²) in [7, 11) is 0. The molecule has 3 nitrogen and oxygen atoms in total. The molecule has 1 atom stereocenters. The van der Waals surface area contributed by atoms with Crippen molar-refractivity contribution >= 4 is 22.4 Å². The van der Waals surface area contributed by atoms with Crippen LogP contribution >= 0.6 is 0 Å². The van der Waals surface area contributed by atoms with Crippen LogP contribution < -0.4 is 5.32 Å². The number of ketones is 1. The maximum atomic E-state index is 14.5. The Bertz CT molecular complexity index is 1110. The lowest BCUT2D eigenvalue weighted by Gasteiger charge is -2.21. The first kappa shape index (κ1) is 17.9. The van der Waals surface area contributed by atoms with Gasteiger partial charge in [-0.25, -0.2) is 4.39 Å². The molecule has 28 heavy (non-hydrogen) atoms. The summed E-state index contributed by atoms with van der Waals surface area (Å²) in [6, 6.07) is 24.8. The molecule has 1 heterocycles. The highest BCUT2D eigenvalue weighted by molar-refractivity contribution is 5.96. The van der Waals surface area contributed by atoms with Crippen molar-refractivity contribution in [2.24, 2.45) is 0 Å². The summed E-state index contributed by atoms with van der Waals surface area (Å²) in [4.78, 5) is 17.1. The first-order chi connectivity index (χ1) is 13.7. The lowest BCUT2D eigenvalue weighted by atomic mass is 9.97. The van der Waals surface area contributed by atoms with Crippen molar-refractivity contribution in [3.05, 3.63) is 108 Å². The van der Waals surface area contributed by atoms with Gasteiger partial charge in [-0.1, -0.05) is 54.6 Å². The molecule has 0 saturated heterocycles. The number of benzene rings is 3. The quantitative estimate of drug-likeness (QED) is 0.436. The van der Waals surface area contributed by atoms with Gasteiger partial charge in [0, 0.05) is 34.8 Å². The number of fused-ring (bicyclic) bond motifs is 1. The Morgan fingerprint density at radius 2 is 1.71 bits per heavy atom. The number of carbonyl (C=O) groups is 1. The highest BCUT2D eigenvalue weighted by Gasteiger charge is 2.20. The van der Waals surface area contributed by atoms with Gasteiger partial charge in [0.2, 0.25) is 0 Å². The molecular weight excluding hydrogens is 351 g/mol. The highest BCUT2D eigenvalue weighted by atomic mass is 19.1. The summed E-state index contributed by atoms with van der Waals surface area (Å²) in [6.07, 6.45) is 1.89. The van der Waals surface area contributed by atoms with Crippen LogP contribution in [0.5, 0.6) is 0 Å². The average molecular weight is 370 g/mol. The number of carbonyl (C=O) groups excluding carboxylic acids is 1. The maximum Gasteiger partial charge on any atom is 0.165 e. The monoisotopic (exact) mass is 370 g/mol. The Labute approximate surface area is 162 Å². The number of hydrogen-bond acceptors (Lipinski definition) is 3. The Morgan fingerprint density at radius 1 is 0.929 bits per heavy atom. The van der Waals surface area contributed by atoms with Crippen LogP contribution in [0.25, 0.3) is 10.9 Å². The fourth-order valence-corrected chi connectivity index (χ4v) is 3.29. The number of pyridine rings is 1. The molecule has 138 valence electrons. The molecule has 0 saturated carbocycles. The lowest BCUT2D eigenvalue weighted by molar-refractivity contribution is 0.0976. The van der Waals surface area contributed by atoms with E-state index in [2.05, 4.69) is 10.3 Å². The predicted octanol–water partition coefficient (Wildman–Crippen LogP) is 5.80. The van der Waals surface area contributed by atoms with Crippen molar-refractivity contribution in [1.82, 2.24) is 4.98 Å². The van der Waals surface area contributed by atoms with Crippen molar-refractivity contribution in [2.45, 2.75) is 12.5 Å². The van der Waals surface area contributed by atoms with Crippen molar-refractivity contribution < 1.29 is 9.18 Å². The zero-order valence-electron chi connectivity index (χ0n) is 15.2. The van der Waals surface area contributed by atoms with E-state index in [1.165, 1.54) is 6.07 Å². The van der Waals surface area contributed by atoms with Gasteiger partial charge >= 0.3 is 0 Å². The Hall–Kier alpha value is -3.53. The molecular formula is C24H19FN2O. The fourth-order valence-electron chi connectivity index (χ4n) is 3.29. The molecule has 0 aliphatic rings. The number of anilines is 1. The van der Waals surface area contributed by atoms with Crippen LogP contribution in [0.1, 0.15) is 28.4 Å². The smallest absolute Gasteiger partial charge is 0.165 e. The van der Waals surface area contributed by atoms with Crippen molar-refractivity contribution in [1.29, 1.82) is 0 Å². The Kier molecular flexibility index (Phi) is 5.11. The van der Waals surface area contributed by atoms with Crippen molar-refractivity contribution in [2.75, 3.05) is 5.32 Å². The number of nitrogens with zero attached hydrogens (tertiary/aromatic N) is 1. The van der Waals surface area contributed by atoms with E-state index in [0.29, 0.717) is 11.1 Å². The number of rotatable bonds is 6. The van der Waals surface area contributed by atoms with E-state index in [1.807, 2.05) is 48.5 Å². The second-order valence-electron chi connectivity index (χ2n) is 6.62. The molecule has 0 aliphatic heterocycles. The molecule has 0 aliphatic carbocycles. The van der Waals surface area contributed by atoms with Crippen LogP contribution in [0.4, 0.5) is 10.1 Å². The zero-order chi connectivity index (χ0) is 19.3. The standard InChI is InChI=1S/C24H19FN2O/c25-21-11-5-4-10-20(21)23(16-24(28)17-7-2-1-3-8-17)27-19-12-13-22-18(15-19)9-6-14-26-22/h1-15,23,27H,16H2. The van der Waals surface area contributed by atoms with E-state index in [1.54, 1.807) is 36.5 Å². The summed E-state index contributed by atoms with van der Waals surface area (Å²) >= 11 is 0. The predicted molar refractivity (Wildman–Crippen MR) is 110 cm³/mol. The maximum absolute atomic E-state index is 14.5. The molecule has 4 heteroatoms. The molecule has 0 fully saturated rings. The molecule has 1 unspecified atom stereocenters. The number of nitrogens with one attached hydrogen (secondary N) is 1. The third-order valence-electron chi connectivity index (χ3n) is 4.71. The van der Waals surface area contributed by atoms with Crippen LogP contribution in [-0.4, -0.2) is 10.8 Å². The molecule has 0 spiro atoms. The normalized spacial score (nSPS) is 11.9. The molecule has 0 radical (unpaired) electrons. The minimum atomic E-state index is -0.483. The number of Topliss-reactive ketones (excluding diaryl/α,β-unsaturated/α-hetero) is 1. The highest BCUT2D eigenvalue weighted by Crippen LogP contribution is 2.28. The van der Waals surface area contributed by atoms with Crippen LogP contribution in [-0.2, 0) is 0 Å². The molecule has 3 aromatic carbocycles. The van der Waals surface area contributed by atoms with Crippen molar-refractivity contribution in [3.8, 4) is 0 Å². The molecule has 0 bridgehead atoms. The third-order valence-corrected chi connectivity index (χ3v) is 4.71. The SMILES string of the molecule is O=C(CC(Nc1ccc2ncccc2c1)c1ccccc1F)c1ccccc1. The minimum Gasteiger partial charge on any atom is -0.378 e.